The summed E-state index contributed by atoms with van der Waals surface area (Å²) in [5.41, 5.74) is 1.37. The number of aryl methyl sites for hydroxylation is 1. The highest BCUT2D eigenvalue weighted by atomic mass is 32.2. The third-order valence-electron chi connectivity index (χ3n) is 5.36. The van der Waals surface area contributed by atoms with Crippen molar-refractivity contribution in [1.82, 2.24) is 0 Å². The molecule has 0 saturated heterocycles. The number of halogens is 1. The third kappa shape index (κ3) is 6.36. The van der Waals surface area contributed by atoms with Gasteiger partial charge in [0.2, 0.25) is 5.91 Å². The predicted molar refractivity (Wildman–Crippen MR) is 136 cm³/mol. The number of sulfonamides is 1. The van der Waals surface area contributed by atoms with Gasteiger partial charge in [-0.15, -0.1) is 0 Å². The second kappa shape index (κ2) is 11.7. The lowest BCUT2D eigenvalue weighted by molar-refractivity contribution is -0.114. The molecule has 0 heterocycles. The second-order valence-electron chi connectivity index (χ2n) is 7.80. The Balaban J connectivity index is 1.93. The lowest BCUT2D eigenvalue weighted by Crippen LogP contribution is -2.38. The number of anilines is 2. The SMILES string of the molecule is CCOC(=O)c1ccc(NC(=O)CN(c2ccc(F)cc2)S(=O)(=O)c2ccc(OC)c(OC)c2)c(C)c1. The van der Waals surface area contributed by atoms with Crippen LogP contribution in [0.1, 0.15) is 22.8 Å². The first-order chi connectivity index (χ1) is 17.6. The van der Waals surface area contributed by atoms with Gasteiger partial charge in [0.1, 0.15) is 12.4 Å². The van der Waals surface area contributed by atoms with Gasteiger partial charge in [-0.1, -0.05) is 0 Å². The van der Waals surface area contributed by atoms with Gasteiger partial charge in [-0.25, -0.2) is 17.6 Å². The number of carbonyl (C=O) groups excluding carboxylic acids is 2. The minimum atomic E-state index is -4.29. The van der Waals surface area contributed by atoms with Gasteiger partial charge < -0.3 is 19.5 Å². The van der Waals surface area contributed by atoms with Gasteiger partial charge in [0.05, 0.1) is 37.0 Å². The summed E-state index contributed by atoms with van der Waals surface area (Å²) in [5, 5.41) is 2.67. The van der Waals surface area contributed by atoms with Crippen molar-refractivity contribution < 1.29 is 36.6 Å². The summed E-state index contributed by atoms with van der Waals surface area (Å²) in [5.74, 6) is -1.19. The van der Waals surface area contributed by atoms with Crippen LogP contribution in [-0.2, 0) is 19.6 Å². The predicted octanol–water partition coefficient (Wildman–Crippen LogP) is 4.16. The Labute approximate surface area is 214 Å². The fourth-order valence-corrected chi connectivity index (χ4v) is 4.93. The van der Waals surface area contributed by atoms with E-state index in [-0.39, 0.29) is 22.9 Å². The Morgan fingerprint density at radius 2 is 1.62 bits per heavy atom. The molecule has 0 unspecified atom stereocenters. The molecule has 0 spiro atoms. The number of ether oxygens (including phenoxy) is 3. The van der Waals surface area contributed by atoms with E-state index in [1.54, 1.807) is 19.9 Å². The van der Waals surface area contributed by atoms with E-state index < -0.39 is 34.3 Å². The molecule has 11 heteroatoms. The van der Waals surface area contributed by atoms with Crippen molar-refractivity contribution in [2.75, 3.05) is 37.0 Å². The molecule has 0 aromatic heterocycles. The van der Waals surface area contributed by atoms with Crippen molar-refractivity contribution >= 4 is 33.3 Å². The second-order valence-corrected chi connectivity index (χ2v) is 9.67. The van der Waals surface area contributed by atoms with Crippen LogP contribution in [0.25, 0.3) is 0 Å². The first-order valence-corrected chi connectivity index (χ1v) is 12.6. The third-order valence-corrected chi connectivity index (χ3v) is 7.13. The van der Waals surface area contributed by atoms with Gasteiger partial charge >= 0.3 is 5.97 Å². The van der Waals surface area contributed by atoms with Crippen molar-refractivity contribution in [3.63, 3.8) is 0 Å². The summed E-state index contributed by atoms with van der Waals surface area (Å²) in [6.45, 7) is 3.00. The fraction of sp³-hybridized carbons (Fsp3) is 0.231. The van der Waals surface area contributed by atoms with Crippen LogP contribution in [-0.4, -0.2) is 47.7 Å². The number of carbonyl (C=O) groups is 2. The fourth-order valence-electron chi connectivity index (χ4n) is 3.49. The van der Waals surface area contributed by atoms with E-state index >= 15 is 0 Å². The average molecular weight is 531 g/mol. The number of hydrogen-bond donors (Lipinski definition) is 1. The summed E-state index contributed by atoms with van der Waals surface area (Å²) < 4.78 is 57.1. The van der Waals surface area contributed by atoms with E-state index in [2.05, 4.69) is 5.32 Å². The molecule has 0 radical (unpaired) electrons. The van der Waals surface area contributed by atoms with Crippen molar-refractivity contribution in [3.05, 3.63) is 77.6 Å². The van der Waals surface area contributed by atoms with Crippen LogP contribution < -0.4 is 19.1 Å². The van der Waals surface area contributed by atoms with E-state index in [1.165, 1.54) is 56.7 Å². The molecule has 0 bridgehead atoms. The molecule has 196 valence electrons. The van der Waals surface area contributed by atoms with Crippen LogP contribution >= 0.6 is 0 Å². The zero-order valence-corrected chi connectivity index (χ0v) is 21.6. The molecule has 0 aliphatic rings. The number of esters is 1. The number of nitrogens with one attached hydrogen (secondary N) is 1. The molecule has 37 heavy (non-hydrogen) atoms. The zero-order chi connectivity index (χ0) is 27.2. The summed E-state index contributed by atoms with van der Waals surface area (Å²) in [6, 6.07) is 13.4. The number of amides is 1. The number of rotatable bonds is 10. The number of nitrogens with zero attached hydrogens (tertiary/aromatic N) is 1. The standard InChI is InChI=1S/C26H27FN2O7S/c1-5-36-26(31)18-6-12-22(17(2)14-18)28-25(30)16-29(20-9-7-19(27)8-10-20)37(32,33)21-11-13-23(34-3)24(15-21)35-4/h6-15H,5,16H2,1-4H3,(H,28,30). The van der Waals surface area contributed by atoms with E-state index in [1.807, 2.05) is 0 Å². The summed E-state index contributed by atoms with van der Waals surface area (Å²) >= 11 is 0. The summed E-state index contributed by atoms with van der Waals surface area (Å²) in [6.07, 6.45) is 0. The van der Waals surface area contributed by atoms with E-state index in [4.69, 9.17) is 14.2 Å². The Morgan fingerprint density at radius 3 is 2.22 bits per heavy atom. The molecule has 3 rings (SSSR count). The molecule has 3 aromatic carbocycles. The van der Waals surface area contributed by atoms with E-state index in [0.717, 1.165) is 16.4 Å². The van der Waals surface area contributed by atoms with Gasteiger partial charge in [-0.05, 0) is 74.0 Å². The first-order valence-electron chi connectivity index (χ1n) is 11.2. The highest BCUT2D eigenvalue weighted by molar-refractivity contribution is 7.92. The topological polar surface area (TPSA) is 111 Å². The Kier molecular flexibility index (Phi) is 8.72. The molecule has 0 aliphatic carbocycles. The van der Waals surface area contributed by atoms with Gasteiger partial charge in [0.15, 0.2) is 11.5 Å². The molecule has 0 aliphatic heterocycles. The van der Waals surface area contributed by atoms with E-state index in [0.29, 0.717) is 22.6 Å². The van der Waals surface area contributed by atoms with Crippen molar-refractivity contribution in [2.45, 2.75) is 18.7 Å². The molecule has 0 saturated carbocycles. The zero-order valence-electron chi connectivity index (χ0n) is 20.8. The van der Waals surface area contributed by atoms with Crippen molar-refractivity contribution in [3.8, 4) is 11.5 Å². The van der Waals surface area contributed by atoms with Gasteiger partial charge in [0, 0.05) is 11.8 Å². The maximum absolute atomic E-state index is 13.6. The van der Waals surface area contributed by atoms with E-state index in [9.17, 15) is 22.4 Å². The molecule has 1 N–H and O–H groups in total. The van der Waals surface area contributed by atoms with Crippen molar-refractivity contribution in [2.24, 2.45) is 0 Å². The largest absolute Gasteiger partial charge is 0.493 e. The van der Waals surface area contributed by atoms with Crippen LogP contribution in [0.5, 0.6) is 11.5 Å². The highest BCUT2D eigenvalue weighted by Crippen LogP contribution is 2.32. The molecule has 1 amide bonds. The van der Waals surface area contributed by atoms with Gasteiger partial charge in [-0.3, -0.25) is 9.10 Å². The van der Waals surface area contributed by atoms with Crippen LogP contribution in [0.2, 0.25) is 0 Å². The summed E-state index contributed by atoms with van der Waals surface area (Å²) in [7, 11) is -1.50. The quantitative estimate of drug-likeness (QED) is 0.392. The maximum atomic E-state index is 13.6. The minimum Gasteiger partial charge on any atom is -0.493 e. The minimum absolute atomic E-state index is 0.0840. The maximum Gasteiger partial charge on any atom is 0.338 e. The first kappa shape index (κ1) is 27.5. The number of hydrogen-bond acceptors (Lipinski definition) is 7. The molecule has 9 nitrogen and oxygen atoms in total. The lowest BCUT2D eigenvalue weighted by atomic mass is 10.1. The summed E-state index contributed by atoms with van der Waals surface area (Å²) in [4.78, 5) is 24.8. The lowest BCUT2D eigenvalue weighted by Gasteiger charge is -2.24. The molecule has 3 aromatic rings. The number of methoxy groups -OCH3 is 2. The van der Waals surface area contributed by atoms with Gasteiger partial charge in [0.25, 0.3) is 10.0 Å². The Bertz CT molecular complexity index is 1390. The van der Waals surface area contributed by atoms with Crippen LogP contribution in [0.15, 0.2) is 65.6 Å². The Morgan fingerprint density at radius 1 is 0.946 bits per heavy atom. The molecular formula is C26H27FN2O7S. The highest BCUT2D eigenvalue weighted by Gasteiger charge is 2.28. The number of benzene rings is 3. The molecular weight excluding hydrogens is 503 g/mol. The smallest absolute Gasteiger partial charge is 0.338 e. The normalized spacial score (nSPS) is 10.9. The van der Waals surface area contributed by atoms with Gasteiger partial charge in [-0.2, -0.15) is 0 Å². The van der Waals surface area contributed by atoms with Crippen molar-refractivity contribution in [1.29, 1.82) is 0 Å². The molecule has 0 fully saturated rings. The molecule has 0 atom stereocenters. The van der Waals surface area contributed by atoms with Crippen LogP contribution in [0.4, 0.5) is 15.8 Å². The Hall–Kier alpha value is -4.12. The van der Waals surface area contributed by atoms with Crippen LogP contribution in [0, 0.1) is 12.7 Å². The van der Waals surface area contributed by atoms with Crippen LogP contribution in [0.3, 0.4) is 0 Å². The monoisotopic (exact) mass is 530 g/mol. The average Bonchev–Trinajstić information content (AvgIpc) is 2.88.